The summed E-state index contributed by atoms with van der Waals surface area (Å²) in [7, 11) is 0. The molecule has 2 amide bonds. The minimum Gasteiger partial charge on any atom is -0.350 e. The van der Waals surface area contributed by atoms with Gasteiger partial charge in [0.05, 0.1) is 6.42 Å². The fourth-order valence-electron chi connectivity index (χ4n) is 3.16. The summed E-state index contributed by atoms with van der Waals surface area (Å²) in [6.07, 6.45) is 0.0832. The van der Waals surface area contributed by atoms with E-state index in [9.17, 15) is 14.0 Å². The molecule has 4 nitrogen and oxygen atoms in total. The quantitative estimate of drug-likeness (QED) is 0.517. The van der Waals surface area contributed by atoms with E-state index in [0.29, 0.717) is 22.0 Å². The molecule has 2 aromatic carbocycles. The lowest BCUT2D eigenvalue weighted by Crippen LogP contribution is -2.53. The topological polar surface area (TPSA) is 49.4 Å². The summed E-state index contributed by atoms with van der Waals surface area (Å²) in [5.74, 6) is -1.31. The Balaban J connectivity index is 2.42. The second kappa shape index (κ2) is 10.7. The van der Waals surface area contributed by atoms with E-state index in [1.165, 1.54) is 23.1 Å². The van der Waals surface area contributed by atoms with Crippen molar-refractivity contribution in [3.8, 4) is 0 Å². The monoisotopic (exact) mass is 486 g/mol. The summed E-state index contributed by atoms with van der Waals surface area (Å²) < 4.78 is 14.3. The van der Waals surface area contributed by atoms with Gasteiger partial charge in [-0.1, -0.05) is 53.9 Å². The Morgan fingerprint density at radius 2 is 1.77 bits per heavy atom. The maximum atomic E-state index is 14.3. The first-order valence-electron chi connectivity index (χ1n) is 9.91. The first kappa shape index (κ1) is 25.4. The molecule has 0 aliphatic heterocycles. The lowest BCUT2D eigenvalue weighted by Gasteiger charge is -2.33. The van der Waals surface area contributed by atoms with E-state index in [1.807, 2.05) is 27.7 Å². The number of rotatable bonds is 7. The number of nitrogens with zero attached hydrogens (tertiary/aromatic N) is 1. The first-order chi connectivity index (χ1) is 14.4. The van der Waals surface area contributed by atoms with Gasteiger partial charge in [0.1, 0.15) is 11.9 Å². The van der Waals surface area contributed by atoms with Crippen LogP contribution in [0.15, 0.2) is 36.4 Å². The maximum Gasteiger partial charge on any atom is 0.243 e. The molecule has 0 heterocycles. The van der Waals surface area contributed by atoms with Gasteiger partial charge >= 0.3 is 0 Å². The first-order valence-corrected chi connectivity index (χ1v) is 11.0. The summed E-state index contributed by atoms with van der Waals surface area (Å²) in [4.78, 5) is 27.7. The molecular weight excluding hydrogens is 462 g/mol. The predicted molar refractivity (Wildman–Crippen MR) is 124 cm³/mol. The molecule has 1 N–H and O–H groups in total. The average molecular weight is 488 g/mol. The minimum atomic E-state index is -0.774. The van der Waals surface area contributed by atoms with Crippen LogP contribution in [0.3, 0.4) is 0 Å². The van der Waals surface area contributed by atoms with Crippen molar-refractivity contribution in [2.45, 2.75) is 58.7 Å². The van der Waals surface area contributed by atoms with Gasteiger partial charge in [0.15, 0.2) is 0 Å². The molecule has 0 saturated heterocycles. The van der Waals surface area contributed by atoms with Crippen molar-refractivity contribution in [3.63, 3.8) is 0 Å². The standard InChI is InChI=1S/C23H26Cl3FN2O2/c1-5-20(22(31)28-23(2,3)4)29(13-14-9-10-15(24)11-18(14)26)21(30)12-16-17(25)7-6-8-19(16)27/h6-11,20H,5,12-13H2,1-4H3,(H,28,31)/t20-/m1/s1. The summed E-state index contributed by atoms with van der Waals surface area (Å²) in [6, 6.07) is 8.41. The van der Waals surface area contributed by atoms with E-state index in [1.54, 1.807) is 18.2 Å². The highest BCUT2D eigenvalue weighted by Gasteiger charge is 2.31. The highest BCUT2D eigenvalue weighted by atomic mass is 35.5. The molecule has 2 aromatic rings. The second-order valence-corrected chi connectivity index (χ2v) is 9.55. The molecule has 168 valence electrons. The molecule has 0 saturated carbocycles. The fraction of sp³-hybridized carbons (Fsp3) is 0.391. The Hall–Kier alpha value is -1.82. The van der Waals surface area contributed by atoms with Gasteiger partial charge in [-0.05, 0) is 57.0 Å². The summed E-state index contributed by atoms with van der Waals surface area (Å²) in [5.41, 5.74) is 0.236. The third-order valence-corrected chi connectivity index (χ3v) is 5.57. The SMILES string of the molecule is CC[C@H](C(=O)NC(C)(C)C)N(Cc1ccc(Cl)cc1Cl)C(=O)Cc1c(F)cccc1Cl. The number of hydrogen-bond acceptors (Lipinski definition) is 2. The van der Waals surface area contributed by atoms with E-state index in [-0.39, 0.29) is 29.5 Å². The van der Waals surface area contributed by atoms with Crippen molar-refractivity contribution in [2.24, 2.45) is 0 Å². The highest BCUT2D eigenvalue weighted by Crippen LogP contribution is 2.26. The predicted octanol–water partition coefficient (Wildman–Crippen LogP) is 6.05. The Morgan fingerprint density at radius 3 is 2.32 bits per heavy atom. The number of carbonyl (C=O) groups excluding carboxylic acids is 2. The molecular formula is C23H26Cl3FN2O2. The normalized spacial score (nSPS) is 12.4. The zero-order chi connectivity index (χ0) is 23.3. The fourth-order valence-corrected chi connectivity index (χ4v) is 3.86. The van der Waals surface area contributed by atoms with Gasteiger partial charge in [-0.3, -0.25) is 9.59 Å². The van der Waals surface area contributed by atoms with Gasteiger partial charge in [0.25, 0.3) is 0 Å². The van der Waals surface area contributed by atoms with Crippen LogP contribution in [0.4, 0.5) is 4.39 Å². The third kappa shape index (κ3) is 7.09. The molecule has 2 rings (SSSR count). The molecule has 0 bridgehead atoms. The summed E-state index contributed by atoms with van der Waals surface area (Å²) in [6.45, 7) is 7.46. The van der Waals surface area contributed by atoms with Crippen molar-refractivity contribution in [2.75, 3.05) is 0 Å². The third-order valence-electron chi connectivity index (χ3n) is 4.63. The van der Waals surface area contributed by atoms with Crippen molar-refractivity contribution in [1.82, 2.24) is 10.2 Å². The largest absolute Gasteiger partial charge is 0.350 e. The molecule has 0 radical (unpaired) electrons. The lowest BCUT2D eigenvalue weighted by molar-refractivity contribution is -0.141. The van der Waals surface area contributed by atoms with Crippen LogP contribution in [-0.4, -0.2) is 28.3 Å². The van der Waals surface area contributed by atoms with Crippen LogP contribution in [0.2, 0.25) is 15.1 Å². The number of benzene rings is 2. The van der Waals surface area contributed by atoms with Crippen LogP contribution in [0.1, 0.15) is 45.2 Å². The van der Waals surface area contributed by atoms with Crippen molar-refractivity contribution < 1.29 is 14.0 Å². The number of nitrogens with one attached hydrogen (secondary N) is 1. The van der Waals surface area contributed by atoms with E-state index >= 15 is 0 Å². The number of halogens is 4. The molecule has 0 aromatic heterocycles. The Kier molecular flexibility index (Phi) is 8.75. The smallest absolute Gasteiger partial charge is 0.243 e. The lowest BCUT2D eigenvalue weighted by atomic mass is 10.0. The van der Waals surface area contributed by atoms with Crippen LogP contribution < -0.4 is 5.32 Å². The Morgan fingerprint density at radius 1 is 1.10 bits per heavy atom. The van der Waals surface area contributed by atoms with Crippen molar-refractivity contribution in [3.05, 3.63) is 68.4 Å². The number of amides is 2. The Bertz CT molecular complexity index is 940. The summed E-state index contributed by atoms with van der Waals surface area (Å²) in [5, 5.41) is 3.91. The van der Waals surface area contributed by atoms with Gasteiger partial charge in [-0.2, -0.15) is 0 Å². The Labute approximate surface area is 197 Å². The molecule has 0 aliphatic rings. The van der Waals surface area contributed by atoms with Gasteiger partial charge < -0.3 is 10.2 Å². The van der Waals surface area contributed by atoms with Gasteiger partial charge in [-0.15, -0.1) is 0 Å². The molecule has 0 aliphatic carbocycles. The van der Waals surface area contributed by atoms with E-state index in [0.717, 1.165) is 0 Å². The second-order valence-electron chi connectivity index (χ2n) is 8.30. The van der Waals surface area contributed by atoms with E-state index in [2.05, 4.69) is 5.32 Å². The van der Waals surface area contributed by atoms with Crippen LogP contribution >= 0.6 is 34.8 Å². The zero-order valence-electron chi connectivity index (χ0n) is 17.9. The molecule has 31 heavy (non-hydrogen) atoms. The molecule has 8 heteroatoms. The van der Waals surface area contributed by atoms with Gasteiger partial charge in [-0.25, -0.2) is 4.39 Å². The van der Waals surface area contributed by atoms with Crippen LogP contribution in [0.5, 0.6) is 0 Å². The zero-order valence-corrected chi connectivity index (χ0v) is 20.2. The van der Waals surface area contributed by atoms with Crippen molar-refractivity contribution >= 4 is 46.6 Å². The van der Waals surface area contributed by atoms with Crippen LogP contribution in [0.25, 0.3) is 0 Å². The molecule has 0 spiro atoms. The van der Waals surface area contributed by atoms with Crippen LogP contribution in [-0.2, 0) is 22.6 Å². The van der Waals surface area contributed by atoms with Gasteiger partial charge in [0.2, 0.25) is 11.8 Å². The van der Waals surface area contributed by atoms with E-state index in [4.69, 9.17) is 34.8 Å². The number of carbonyl (C=O) groups is 2. The number of hydrogen-bond donors (Lipinski definition) is 1. The minimum absolute atomic E-state index is 0.0664. The molecule has 0 unspecified atom stereocenters. The van der Waals surface area contributed by atoms with Gasteiger partial charge in [0, 0.05) is 32.7 Å². The highest BCUT2D eigenvalue weighted by molar-refractivity contribution is 6.35. The average Bonchev–Trinajstić information content (AvgIpc) is 2.64. The summed E-state index contributed by atoms with van der Waals surface area (Å²) >= 11 is 18.4. The van der Waals surface area contributed by atoms with E-state index < -0.39 is 23.3 Å². The molecule has 0 fully saturated rings. The van der Waals surface area contributed by atoms with Crippen LogP contribution in [0, 0.1) is 5.82 Å². The maximum absolute atomic E-state index is 14.3. The molecule has 1 atom stereocenters. The van der Waals surface area contributed by atoms with Crippen molar-refractivity contribution in [1.29, 1.82) is 0 Å².